The summed E-state index contributed by atoms with van der Waals surface area (Å²) < 4.78 is 5.79. The summed E-state index contributed by atoms with van der Waals surface area (Å²) in [5.74, 6) is -0.383. The summed E-state index contributed by atoms with van der Waals surface area (Å²) in [6.07, 6.45) is 0. The van der Waals surface area contributed by atoms with Crippen LogP contribution in [-0.2, 0) is 9.53 Å². The first-order valence-corrected chi connectivity index (χ1v) is 6.72. The predicted molar refractivity (Wildman–Crippen MR) is 69.3 cm³/mol. The second-order valence-corrected chi connectivity index (χ2v) is 5.84. The zero-order valence-electron chi connectivity index (χ0n) is 9.57. The molecule has 1 aromatic rings. The van der Waals surface area contributed by atoms with Crippen LogP contribution in [0, 0.1) is 11.8 Å². The van der Waals surface area contributed by atoms with Crippen molar-refractivity contribution in [3.8, 4) is 0 Å². The summed E-state index contributed by atoms with van der Waals surface area (Å²) in [6, 6.07) is 1.65. The first-order valence-electron chi connectivity index (χ1n) is 5.04. The van der Waals surface area contributed by atoms with E-state index in [4.69, 9.17) is 10.5 Å². The lowest BCUT2D eigenvalue weighted by atomic mass is 9.88. The van der Waals surface area contributed by atoms with E-state index in [9.17, 15) is 4.79 Å². The van der Waals surface area contributed by atoms with Crippen molar-refractivity contribution in [2.24, 2.45) is 17.6 Å². The molecule has 2 N–H and O–H groups in total. The Morgan fingerprint density at radius 1 is 1.56 bits per heavy atom. The zero-order chi connectivity index (χ0) is 12.3. The van der Waals surface area contributed by atoms with E-state index in [-0.39, 0.29) is 23.8 Å². The van der Waals surface area contributed by atoms with Crippen LogP contribution in [0.1, 0.15) is 24.8 Å². The van der Waals surface area contributed by atoms with Gasteiger partial charge in [-0.2, -0.15) is 0 Å². The van der Waals surface area contributed by atoms with Crippen LogP contribution in [0.3, 0.4) is 0 Å². The molecule has 1 aromatic heterocycles. The monoisotopic (exact) mass is 305 g/mol. The third kappa shape index (κ3) is 3.06. The molecule has 0 saturated carbocycles. The number of hydrogen-bond acceptors (Lipinski definition) is 4. The van der Waals surface area contributed by atoms with Gasteiger partial charge in [0.25, 0.3) is 0 Å². The number of carbonyl (C=O) groups is 1. The molecule has 0 aliphatic heterocycles. The van der Waals surface area contributed by atoms with Crippen LogP contribution in [0.2, 0.25) is 0 Å². The Kier molecular flexibility index (Phi) is 4.95. The molecule has 1 rings (SSSR count). The number of thiophene rings is 1. The Morgan fingerprint density at radius 3 is 2.56 bits per heavy atom. The third-order valence-corrected chi connectivity index (χ3v) is 4.29. The number of nitrogens with two attached hydrogens (primary N) is 1. The molecular weight excluding hydrogens is 290 g/mol. The zero-order valence-corrected chi connectivity index (χ0v) is 12.0. The number of hydrogen-bond donors (Lipinski definition) is 1. The van der Waals surface area contributed by atoms with Crippen molar-refractivity contribution in [2.75, 3.05) is 7.11 Å². The van der Waals surface area contributed by atoms with Crippen molar-refractivity contribution < 1.29 is 9.53 Å². The van der Waals surface area contributed by atoms with Crippen LogP contribution in [0.4, 0.5) is 0 Å². The molecule has 0 radical (unpaired) electrons. The number of methoxy groups -OCH3 is 1. The molecule has 0 aliphatic carbocycles. The second-order valence-electron chi connectivity index (χ2n) is 3.99. The highest BCUT2D eigenvalue weighted by Crippen LogP contribution is 2.32. The van der Waals surface area contributed by atoms with Crippen LogP contribution in [0.15, 0.2) is 15.9 Å². The van der Waals surface area contributed by atoms with E-state index < -0.39 is 0 Å². The second kappa shape index (κ2) is 5.80. The fourth-order valence-electron chi connectivity index (χ4n) is 1.65. The molecule has 90 valence electrons. The highest BCUT2D eigenvalue weighted by atomic mass is 79.9. The lowest BCUT2D eigenvalue weighted by molar-refractivity contribution is -0.147. The van der Waals surface area contributed by atoms with Gasteiger partial charge in [0, 0.05) is 14.7 Å². The number of carbonyl (C=O) groups excluding carboxylic acids is 1. The SMILES string of the molecule is COC(=O)C(C(C)C)C(N)c1cc(Br)cs1. The minimum Gasteiger partial charge on any atom is -0.469 e. The summed E-state index contributed by atoms with van der Waals surface area (Å²) in [5.41, 5.74) is 6.12. The van der Waals surface area contributed by atoms with Crippen molar-refractivity contribution in [1.29, 1.82) is 0 Å². The van der Waals surface area contributed by atoms with Gasteiger partial charge in [0.15, 0.2) is 0 Å². The first-order chi connectivity index (χ1) is 7.47. The standard InChI is InChI=1S/C11H16BrNO2S/c1-6(2)9(11(14)15-3)10(13)8-4-7(12)5-16-8/h4-6,9-10H,13H2,1-3H3. The lowest BCUT2D eigenvalue weighted by Gasteiger charge is -2.23. The molecule has 2 atom stereocenters. The molecule has 5 heteroatoms. The van der Waals surface area contributed by atoms with Crippen LogP contribution >= 0.6 is 27.3 Å². The van der Waals surface area contributed by atoms with E-state index >= 15 is 0 Å². The number of ether oxygens (including phenoxy) is 1. The van der Waals surface area contributed by atoms with E-state index in [1.807, 2.05) is 25.3 Å². The molecule has 0 fully saturated rings. The van der Waals surface area contributed by atoms with Gasteiger partial charge in [-0.3, -0.25) is 4.79 Å². The maximum absolute atomic E-state index is 11.7. The van der Waals surface area contributed by atoms with Gasteiger partial charge in [0.05, 0.1) is 19.1 Å². The van der Waals surface area contributed by atoms with Gasteiger partial charge in [-0.1, -0.05) is 13.8 Å². The topological polar surface area (TPSA) is 52.3 Å². The highest BCUT2D eigenvalue weighted by molar-refractivity contribution is 9.10. The Hall–Kier alpha value is -0.390. The van der Waals surface area contributed by atoms with Crippen LogP contribution in [-0.4, -0.2) is 13.1 Å². The molecule has 0 saturated heterocycles. The quantitative estimate of drug-likeness (QED) is 0.870. The van der Waals surface area contributed by atoms with E-state index in [1.54, 1.807) is 11.3 Å². The van der Waals surface area contributed by atoms with E-state index in [2.05, 4.69) is 15.9 Å². The van der Waals surface area contributed by atoms with Crippen molar-refractivity contribution in [2.45, 2.75) is 19.9 Å². The molecule has 0 spiro atoms. The first kappa shape index (κ1) is 13.7. The molecule has 0 aromatic carbocycles. The van der Waals surface area contributed by atoms with Crippen molar-refractivity contribution in [1.82, 2.24) is 0 Å². The third-order valence-electron chi connectivity index (χ3n) is 2.49. The van der Waals surface area contributed by atoms with Crippen LogP contribution in [0.5, 0.6) is 0 Å². The van der Waals surface area contributed by atoms with Gasteiger partial charge in [0.1, 0.15) is 0 Å². The fraction of sp³-hybridized carbons (Fsp3) is 0.545. The molecule has 0 amide bonds. The fourth-order valence-corrected chi connectivity index (χ4v) is 3.14. The number of halogens is 1. The average molecular weight is 306 g/mol. The molecule has 0 bridgehead atoms. The molecule has 1 heterocycles. The highest BCUT2D eigenvalue weighted by Gasteiger charge is 2.31. The summed E-state index contributed by atoms with van der Waals surface area (Å²) in [5, 5.41) is 1.96. The largest absolute Gasteiger partial charge is 0.469 e. The normalized spacial score (nSPS) is 14.9. The van der Waals surface area contributed by atoms with Crippen molar-refractivity contribution >= 4 is 33.2 Å². The maximum Gasteiger partial charge on any atom is 0.310 e. The van der Waals surface area contributed by atoms with E-state index in [0.29, 0.717) is 0 Å². The Labute approximate surface area is 108 Å². The summed E-state index contributed by atoms with van der Waals surface area (Å²) in [4.78, 5) is 12.7. The Balaban J connectivity index is 2.91. The van der Waals surface area contributed by atoms with Gasteiger partial charge in [-0.15, -0.1) is 11.3 Å². The predicted octanol–water partition coefficient (Wildman–Crippen LogP) is 2.96. The lowest BCUT2D eigenvalue weighted by Crippen LogP contribution is -2.32. The Bertz CT molecular complexity index is 365. The molecule has 0 aliphatic rings. The summed E-state index contributed by atoms with van der Waals surface area (Å²) in [7, 11) is 1.40. The maximum atomic E-state index is 11.7. The summed E-state index contributed by atoms with van der Waals surface area (Å²) in [6.45, 7) is 3.95. The van der Waals surface area contributed by atoms with Gasteiger partial charge < -0.3 is 10.5 Å². The molecule has 16 heavy (non-hydrogen) atoms. The van der Waals surface area contributed by atoms with Crippen LogP contribution < -0.4 is 5.73 Å². The number of esters is 1. The van der Waals surface area contributed by atoms with Crippen molar-refractivity contribution in [3.63, 3.8) is 0 Å². The minimum absolute atomic E-state index is 0.156. The smallest absolute Gasteiger partial charge is 0.310 e. The minimum atomic E-state index is -0.302. The van der Waals surface area contributed by atoms with E-state index in [0.717, 1.165) is 9.35 Å². The average Bonchev–Trinajstić information content (AvgIpc) is 2.64. The van der Waals surface area contributed by atoms with Gasteiger partial charge in [0.2, 0.25) is 0 Å². The Morgan fingerprint density at radius 2 is 2.19 bits per heavy atom. The molecule has 3 nitrogen and oxygen atoms in total. The summed E-state index contributed by atoms with van der Waals surface area (Å²) >= 11 is 4.93. The molecular formula is C11H16BrNO2S. The van der Waals surface area contributed by atoms with Gasteiger partial charge in [-0.05, 0) is 27.9 Å². The van der Waals surface area contributed by atoms with Gasteiger partial charge >= 0.3 is 5.97 Å². The van der Waals surface area contributed by atoms with Gasteiger partial charge in [-0.25, -0.2) is 0 Å². The van der Waals surface area contributed by atoms with Crippen LogP contribution in [0.25, 0.3) is 0 Å². The van der Waals surface area contributed by atoms with Crippen molar-refractivity contribution in [3.05, 3.63) is 20.8 Å². The number of rotatable bonds is 4. The van der Waals surface area contributed by atoms with E-state index in [1.165, 1.54) is 7.11 Å². The molecule has 2 unspecified atom stereocenters.